The lowest BCUT2D eigenvalue weighted by molar-refractivity contribution is -0.123. The molecule has 1 aliphatic carbocycles. The minimum absolute atomic E-state index is 0.0684. The van der Waals surface area contributed by atoms with Crippen LogP contribution in [0.2, 0.25) is 5.02 Å². The lowest BCUT2D eigenvalue weighted by atomic mass is 9.91. The second-order valence-corrected chi connectivity index (χ2v) is 13.6. The summed E-state index contributed by atoms with van der Waals surface area (Å²) < 4.78 is 1.56. The van der Waals surface area contributed by atoms with E-state index >= 15 is 0 Å². The van der Waals surface area contributed by atoms with E-state index < -0.39 is 12.6 Å². The highest BCUT2D eigenvalue weighted by molar-refractivity contribution is 6.36. The Morgan fingerprint density at radius 1 is 1.02 bits per heavy atom. The summed E-state index contributed by atoms with van der Waals surface area (Å²) in [5.74, 6) is -0.280. The van der Waals surface area contributed by atoms with Crippen LogP contribution in [0.1, 0.15) is 35.1 Å². The molecule has 10 nitrogen and oxygen atoms in total. The van der Waals surface area contributed by atoms with Gasteiger partial charge in [0.1, 0.15) is 11.7 Å². The third-order valence-electron chi connectivity index (χ3n) is 9.84. The Balaban J connectivity index is 1.12. The van der Waals surface area contributed by atoms with Gasteiger partial charge in [-0.1, -0.05) is 66.2 Å². The zero-order valence-electron chi connectivity index (χ0n) is 27.7. The molecule has 256 valence electrons. The fourth-order valence-corrected chi connectivity index (χ4v) is 7.43. The molecule has 2 amide bonds. The van der Waals surface area contributed by atoms with Crippen LogP contribution in [0.15, 0.2) is 83.9 Å². The van der Waals surface area contributed by atoms with Crippen LogP contribution >= 0.6 is 11.6 Å². The first-order valence-corrected chi connectivity index (χ1v) is 17.3. The van der Waals surface area contributed by atoms with Gasteiger partial charge in [-0.3, -0.25) is 18.8 Å². The number of nitrogens with two attached hydrogens (primary N) is 1. The number of aliphatic hydroxyl groups excluding tert-OH is 1. The molecule has 3 aromatic carbocycles. The van der Waals surface area contributed by atoms with Gasteiger partial charge in [-0.2, -0.15) is 0 Å². The van der Waals surface area contributed by atoms with Crippen LogP contribution in [-0.4, -0.2) is 57.6 Å². The van der Waals surface area contributed by atoms with Crippen LogP contribution in [0.25, 0.3) is 39.0 Å². The number of hydrogen-bond acceptors (Lipinski definition) is 7. The number of aliphatic hydroxyl groups is 1. The van der Waals surface area contributed by atoms with Gasteiger partial charge in [0, 0.05) is 60.7 Å². The van der Waals surface area contributed by atoms with Crippen molar-refractivity contribution in [2.45, 2.75) is 57.3 Å². The third-order valence-corrected chi connectivity index (χ3v) is 10.2. The molecule has 0 unspecified atom stereocenters. The van der Waals surface area contributed by atoms with Gasteiger partial charge in [0.25, 0.3) is 5.56 Å². The van der Waals surface area contributed by atoms with E-state index in [-0.39, 0.29) is 29.5 Å². The number of nitrogens with zero attached hydrogens (tertiary/aromatic N) is 2. The van der Waals surface area contributed by atoms with Crippen molar-refractivity contribution in [2.24, 2.45) is 5.73 Å². The Labute approximate surface area is 294 Å². The Hall–Kier alpha value is -4.87. The van der Waals surface area contributed by atoms with Gasteiger partial charge in [-0.05, 0) is 77.3 Å². The largest absolute Gasteiger partial charge is 0.394 e. The predicted molar refractivity (Wildman–Crippen MR) is 195 cm³/mol. The zero-order chi connectivity index (χ0) is 34.9. The van der Waals surface area contributed by atoms with E-state index in [1.54, 1.807) is 16.8 Å². The highest BCUT2D eigenvalue weighted by Gasteiger charge is 2.26. The topological polar surface area (TPSA) is 151 Å². The van der Waals surface area contributed by atoms with Crippen molar-refractivity contribution >= 4 is 29.1 Å². The number of nitrogens with one attached hydrogen (secondary N) is 3. The van der Waals surface area contributed by atoms with Crippen LogP contribution in [0.4, 0.5) is 0 Å². The van der Waals surface area contributed by atoms with Gasteiger partial charge in [-0.25, -0.2) is 4.98 Å². The molecular formula is C39H39ClN6O4. The third kappa shape index (κ3) is 6.67. The van der Waals surface area contributed by atoms with E-state index in [0.717, 1.165) is 50.9 Å². The van der Waals surface area contributed by atoms with Crippen molar-refractivity contribution in [1.82, 2.24) is 25.3 Å². The normalized spacial score (nSPS) is 17.5. The molecule has 3 heterocycles. The maximum atomic E-state index is 13.3. The number of carbonyl (C=O) groups excluding carboxylic acids is 2. The number of halogens is 1. The molecule has 11 heteroatoms. The fraction of sp³-hybridized carbons (Fsp3) is 0.282. The summed E-state index contributed by atoms with van der Waals surface area (Å²) in [6, 6.07) is 21.4. The summed E-state index contributed by atoms with van der Waals surface area (Å²) in [6.07, 6.45) is 6.12. The Kier molecular flexibility index (Phi) is 9.52. The first-order chi connectivity index (χ1) is 24.2. The lowest BCUT2D eigenvalue weighted by Crippen LogP contribution is -2.47. The van der Waals surface area contributed by atoms with Crippen molar-refractivity contribution in [2.75, 3.05) is 13.2 Å². The minimum Gasteiger partial charge on any atom is -0.394 e. The van der Waals surface area contributed by atoms with Crippen molar-refractivity contribution in [1.29, 1.82) is 0 Å². The minimum atomic E-state index is -0.929. The SMILES string of the molecule is Cc1c(-c2ccn3c(=O)c(CNC[C@H]4CCC(=O)N4)cnc3c2)cccc1-c1cccc(-c2ccc3c(c2)C[C@H](NC(=O)[C@@H](N)CO)C3)c1Cl. The molecular weight excluding hydrogens is 652 g/mol. The number of rotatable bonds is 10. The summed E-state index contributed by atoms with van der Waals surface area (Å²) in [6.45, 7) is 2.66. The monoisotopic (exact) mass is 690 g/mol. The Bertz CT molecular complexity index is 2180. The van der Waals surface area contributed by atoms with Crippen molar-refractivity contribution in [3.05, 3.63) is 117 Å². The van der Waals surface area contributed by atoms with Gasteiger partial charge >= 0.3 is 0 Å². The summed E-state index contributed by atoms with van der Waals surface area (Å²) in [5.41, 5.74) is 15.8. The number of fused-ring (bicyclic) bond motifs is 2. The molecule has 7 rings (SSSR count). The quantitative estimate of drug-likeness (QED) is 0.149. The number of pyridine rings is 1. The highest BCUT2D eigenvalue weighted by atomic mass is 35.5. The average molecular weight is 691 g/mol. The first kappa shape index (κ1) is 33.6. The maximum Gasteiger partial charge on any atom is 0.262 e. The molecule has 3 atom stereocenters. The summed E-state index contributed by atoms with van der Waals surface area (Å²) >= 11 is 7.17. The molecule has 0 saturated carbocycles. The van der Waals surface area contributed by atoms with Gasteiger partial charge in [0.05, 0.1) is 11.6 Å². The summed E-state index contributed by atoms with van der Waals surface area (Å²) in [4.78, 5) is 41.6. The molecule has 0 spiro atoms. The number of carbonyl (C=O) groups is 2. The van der Waals surface area contributed by atoms with E-state index in [9.17, 15) is 19.5 Å². The molecule has 50 heavy (non-hydrogen) atoms. The number of benzene rings is 3. The standard InChI is InChI=1S/C39H39ClN6O4/c1-22-30(25-12-13-46-35(17-25)43-19-27(39(46)50)18-42-20-28-10-11-36(48)44-28)4-2-5-31(22)33-7-3-6-32(37(33)40)24-9-8-23-15-29(16-26(23)14-24)45-38(49)34(41)21-47/h2-9,12-14,17,19,28-29,34,42,47H,10-11,15-16,18,20-21,41H2,1H3,(H,44,48)(H,45,49)/t28-,29-,34+/m1/s1. The van der Waals surface area contributed by atoms with E-state index in [1.165, 1.54) is 5.56 Å². The molecule has 5 aromatic rings. The van der Waals surface area contributed by atoms with Crippen molar-refractivity contribution in [3.8, 4) is 33.4 Å². The number of amides is 2. The van der Waals surface area contributed by atoms with Crippen LogP contribution in [-0.2, 0) is 29.0 Å². The van der Waals surface area contributed by atoms with Crippen molar-refractivity contribution < 1.29 is 14.7 Å². The molecule has 6 N–H and O–H groups in total. The van der Waals surface area contributed by atoms with Crippen LogP contribution in [0.3, 0.4) is 0 Å². The molecule has 0 bridgehead atoms. The highest BCUT2D eigenvalue weighted by Crippen LogP contribution is 2.41. The Morgan fingerprint density at radius 2 is 1.76 bits per heavy atom. The van der Waals surface area contributed by atoms with Crippen LogP contribution in [0.5, 0.6) is 0 Å². The van der Waals surface area contributed by atoms with E-state index in [0.29, 0.717) is 48.6 Å². The van der Waals surface area contributed by atoms with Gasteiger partial charge < -0.3 is 26.8 Å². The van der Waals surface area contributed by atoms with E-state index in [1.807, 2.05) is 36.4 Å². The molecule has 1 aliphatic heterocycles. The first-order valence-electron chi connectivity index (χ1n) is 16.9. The molecule has 1 saturated heterocycles. The van der Waals surface area contributed by atoms with Crippen LogP contribution in [0, 0.1) is 6.92 Å². The lowest BCUT2D eigenvalue weighted by Gasteiger charge is -2.16. The molecule has 2 aromatic heterocycles. The smallest absolute Gasteiger partial charge is 0.262 e. The van der Waals surface area contributed by atoms with Gasteiger partial charge in [0.15, 0.2) is 0 Å². The van der Waals surface area contributed by atoms with Gasteiger partial charge in [-0.15, -0.1) is 0 Å². The number of aromatic nitrogens is 2. The molecule has 0 radical (unpaired) electrons. The fourth-order valence-electron chi connectivity index (χ4n) is 7.10. The van der Waals surface area contributed by atoms with Crippen molar-refractivity contribution in [3.63, 3.8) is 0 Å². The van der Waals surface area contributed by atoms with E-state index in [2.05, 4.69) is 58.2 Å². The zero-order valence-corrected chi connectivity index (χ0v) is 28.5. The number of hydrogen-bond donors (Lipinski definition) is 5. The summed E-state index contributed by atoms with van der Waals surface area (Å²) in [5, 5.41) is 19.0. The summed E-state index contributed by atoms with van der Waals surface area (Å²) in [7, 11) is 0. The molecule has 1 fully saturated rings. The predicted octanol–water partition coefficient (Wildman–Crippen LogP) is 3.93. The second-order valence-electron chi connectivity index (χ2n) is 13.2. The average Bonchev–Trinajstić information content (AvgIpc) is 3.73. The second kappa shape index (κ2) is 14.2. The Morgan fingerprint density at radius 3 is 2.54 bits per heavy atom. The van der Waals surface area contributed by atoms with E-state index in [4.69, 9.17) is 17.3 Å². The maximum absolute atomic E-state index is 13.3. The van der Waals surface area contributed by atoms with Gasteiger partial charge in [0.2, 0.25) is 11.8 Å². The van der Waals surface area contributed by atoms with Crippen LogP contribution < -0.4 is 27.2 Å². The molecule has 2 aliphatic rings.